The Bertz CT molecular complexity index is 1420. The fourth-order valence-corrected chi connectivity index (χ4v) is 6.84. The smallest absolute Gasteiger partial charge is 0.332 e. The van der Waals surface area contributed by atoms with Crippen LogP contribution in [0.25, 0.3) is 22.6 Å². The van der Waals surface area contributed by atoms with Crippen molar-refractivity contribution in [2.75, 3.05) is 20.8 Å². The van der Waals surface area contributed by atoms with Crippen LogP contribution in [0.15, 0.2) is 18.2 Å². The Morgan fingerprint density at radius 2 is 1.97 bits per heavy atom. The summed E-state index contributed by atoms with van der Waals surface area (Å²) < 4.78 is 13.1. The van der Waals surface area contributed by atoms with Gasteiger partial charge in [0.25, 0.3) is 5.91 Å². The number of aryl methyl sites for hydroxylation is 3. The molecule has 1 saturated carbocycles. The lowest BCUT2D eigenvalue weighted by atomic mass is 9.61. The zero-order chi connectivity index (χ0) is 26.6. The second kappa shape index (κ2) is 9.25. The highest BCUT2D eigenvalue weighted by molar-refractivity contribution is 5.99. The van der Waals surface area contributed by atoms with Gasteiger partial charge in [-0.2, -0.15) is 4.80 Å². The Kier molecular flexibility index (Phi) is 6.00. The van der Waals surface area contributed by atoms with Gasteiger partial charge in [-0.15, -0.1) is 10.2 Å². The Balaban J connectivity index is 1.48. The molecular formula is C28H34N6O4. The molecule has 1 amide bonds. The van der Waals surface area contributed by atoms with E-state index in [2.05, 4.69) is 39.0 Å². The molecule has 2 fully saturated rings. The summed E-state index contributed by atoms with van der Waals surface area (Å²) in [6, 6.07) is 6.18. The van der Waals surface area contributed by atoms with Crippen molar-refractivity contribution in [2.45, 2.75) is 64.0 Å². The second-order valence-corrected chi connectivity index (χ2v) is 10.6. The molecule has 200 valence electrons. The van der Waals surface area contributed by atoms with E-state index < -0.39 is 5.54 Å². The molecule has 0 N–H and O–H groups in total. The SMILES string of the molecule is CCCc1cc(C(=O)N2CCC[C@H]3CC[C@]32C(=O)OC)n2c1-c1cc(-c3nnn(C)n3)c(OC)cc1CC2. The molecule has 1 aliphatic carbocycles. The first-order valence-electron chi connectivity index (χ1n) is 13.5. The molecule has 10 heteroatoms. The van der Waals surface area contributed by atoms with Gasteiger partial charge in [0.1, 0.15) is 17.0 Å². The van der Waals surface area contributed by atoms with E-state index in [0.717, 1.165) is 60.9 Å². The minimum Gasteiger partial charge on any atom is -0.496 e. The summed E-state index contributed by atoms with van der Waals surface area (Å²) in [5, 5.41) is 12.6. The Morgan fingerprint density at radius 1 is 1.13 bits per heavy atom. The molecule has 0 bridgehead atoms. The number of fused-ring (bicyclic) bond motifs is 4. The number of rotatable bonds is 6. The molecular weight excluding hydrogens is 484 g/mol. The van der Waals surface area contributed by atoms with E-state index in [4.69, 9.17) is 9.47 Å². The van der Waals surface area contributed by atoms with E-state index in [-0.39, 0.29) is 17.8 Å². The van der Waals surface area contributed by atoms with Gasteiger partial charge in [-0.05, 0) is 79.0 Å². The summed E-state index contributed by atoms with van der Waals surface area (Å²) in [6.07, 6.45) is 6.05. The highest BCUT2D eigenvalue weighted by Crippen LogP contribution is 2.50. The average molecular weight is 519 g/mol. The van der Waals surface area contributed by atoms with Crippen LogP contribution in [0.1, 0.15) is 60.6 Å². The van der Waals surface area contributed by atoms with E-state index in [0.29, 0.717) is 36.8 Å². The number of methoxy groups -OCH3 is 2. The molecule has 2 aliphatic heterocycles. The van der Waals surface area contributed by atoms with Crippen LogP contribution in [-0.2, 0) is 36.0 Å². The zero-order valence-corrected chi connectivity index (χ0v) is 22.5. The normalized spacial score (nSPS) is 21.7. The molecule has 4 heterocycles. The summed E-state index contributed by atoms with van der Waals surface area (Å²) in [6.45, 7) is 3.40. The molecule has 0 unspecified atom stereocenters. The molecule has 2 atom stereocenters. The number of piperidine rings is 1. The third-order valence-electron chi connectivity index (χ3n) is 8.70. The number of benzene rings is 1. The van der Waals surface area contributed by atoms with Gasteiger partial charge in [-0.25, -0.2) is 4.79 Å². The van der Waals surface area contributed by atoms with Crippen molar-refractivity contribution in [3.8, 4) is 28.4 Å². The van der Waals surface area contributed by atoms with Crippen molar-refractivity contribution in [3.05, 3.63) is 35.0 Å². The van der Waals surface area contributed by atoms with E-state index in [1.165, 1.54) is 17.5 Å². The quantitative estimate of drug-likeness (QED) is 0.461. The fraction of sp³-hybridized carbons (Fsp3) is 0.536. The van der Waals surface area contributed by atoms with Gasteiger partial charge in [0, 0.05) is 18.7 Å². The van der Waals surface area contributed by atoms with Crippen LogP contribution in [0.2, 0.25) is 0 Å². The van der Waals surface area contributed by atoms with Crippen molar-refractivity contribution in [1.82, 2.24) is 29.7 Å². The van der Waals surface area contributed by atoms with Gasteiger partial charge in [-0.1, -0.05) is 13.3 Å². The zero-order valence-electron chi connectivity index (χ0n) is 22.5. The number of hydrogen-bond donors (Lipinski definition) is 0. The van der Waals surface area contributed by atoms with Crippen LogP contribution < -0.4 is 4.74 Å². The molecule has 38 heavy (non-hydrogen) atoms. The van der Waals surface area contributed by atoms with Crippen molar-refractivity contribution in [3.63, 3.8) is 0 Å². The van der Waals surface area contributed by atoms with Crippen LogP contribution >= 0.6 is 0 Å². The molecule has 0 radical (unpaired) electrons. The number of aromatic nitrogens is 5. The van der Waals surface area contributed by atoms with Crippen LogP contribution in [0.4, 0.5) is 0 Å². The Morgan fingerprint density at radius 3 is 2.63 bits per heavy atom. The first kappa shape index (κ1) is 24.6. The first-order valence-corrected chi connectivity index (χ1v) is 13.5. The van der Waals surface area contributed by atoms with Gasteiger partial charge in [0.05, 0.1) is 32.5 Å². The number of ether oxygens (including phenoxy) is 2. The number of amides is 1. The van der Waals surface area contributed by atoms with Crippen LogP contribution in [0.5, 0.6) is 5.75 Å². The number of tetrazole rings is 1. The fourth-order valence-electron chi connectivity index (χ4n) is 6.84. The van der Waals surface area contributed by atoms with Crippen molar-refractivity contribution >= 4 is 11.9 Å². The number of carbonyl (C=O) groups is 2. The van der Waals surface area contributed by atoms with Gasteiger partial charge < -0.3 is 18.9 Å². The van der Waals surface area contributed by atoms with Crippen molar-refractivity contribution < 1.29 is 19.1 Å². The monoisotopic (exact) mass is 518 g/mol. The van der Waals surface area contributed by atoms with Gasteiger partial charge in [0.15, 0.2) is 0 Å². The lowest BCUT2D eigenvalue weighted by molar-refractivity contribution is -0.171. The van der Waals surface area contributed by atoms with E-state index in [1.54, 1.807) is 14.2 Å². The highest BCUT2D eigenvalue weighted by atomic mass is 16.5. The van der Waals surface area contributed by atoms with Crippen LogP contribution in [0, 0.1) is 5.92 Å². The number of esters is 1. The van der Waals surface area contributed by atoms with E-state index in [1.807, 2.05) is 11.0 Å². The van der Waals surface area contributed by atoms with Gasteiger partial charge in [-0.3, -0.25) is 4.79 Å². The first-order chi connectivity index (χ1) is 18.4. The molecule has 0 spiro atoms. The predicted molar refractivity (Wildman–Crippen MR) is 140 cm³/mol. The standard InChI is InChI=1S/C28H34N6O4/c1-5-7-18-14-22(26(35)34-12-6-8-19-9-11-28(19,34)27(36)38-4)33-13-10-17-15-23(37-3)21(16-20(17)24(18)33)25-29-31-32(2)30-25/h14-16,19H,5-13H2,1-4H3/t19-,28+/m0/s1. The summed E-state index contributed by atoms with van der Waals surface area (Å²) >= 11 is 0. The number of carbonyl (C=O) groups excluding carboxylic acids is 2. The van der Waals surface area contributed by atoms with Gasteiger partial charge >= 0.3 is 5.97 Å². The Labute approximate surface area is 221 Å². The minimum atomic E-state index is -0.829. The highest BCUT2D eigenvalue weighted by Gasteiger charge is 2.60. The Hall–Kier alpha value is -3.69. The number of likely N-dealkylation sites (tertiary alicyclic amines) is 1. The maximum atomic E-state index is 14.3. The lowest BCUT2D eigenvalue weighted by Crippen LogP contribution is -2.69. The van der Waals surface area contributed by atoms with Gasteiger partial charge in [0.2, 0.25) is 5.82 Å². The molecule has 3 aromatic rings. The molecule has 2 aromatic heterocycles. The third kappa shape index (κ3) is 3.49. The summed E-state index contributed by atoms with van der Waals surface area (Å²) in [7, 11) is 4.81. The number of nitrogens with zero attached hydrogens (tertiary/aromatic N) is 6. The predicted octanol–water partition coefficient (Wildman–Crippen LogP) is 3.42. The van der Waals surface area contributed by atoms with Crippen molar-refractivity contribution in [2.24, 2.45) is 13.0 Å². The summed E-state index contributed by atoms with van der Waals surface area (Å²) in [4.78, 5) is 30.5. The number of hydrogen-bond acceptors (Lipinski definition) is 7. The molecule has 1 saturated heterocycles. The largest absolute Gasteiger partial charge is 0.496 e. The van der Waals surface area contributed by atoms with E-state index >= 15 is 0 Å². The topological polar surface area (TPSA) is 104 Å². The van der Waals surface area contributed by atoms with Crippen LogP contribution in [-0.4, -0.2) is 67.9 Å². The molecule has 1 aromatic carbocycles. The maximum absolute atomic E-state index is 14.3. The van der Waals surface area contributed by atoms with E-state index in [9.17, 15) is 9.59 Å². The maximum Gasteiger partial charge on any atom is 0.332 e. The average Bonchev–Trinajstić information content (AvgIpc) is 3.51. The molecule has 10 nitrogen and oxygen atoms in total. The minimum absolute atomic E-state index is 0.0730. The second-order valence-electron chi connectivity index (χ2n) is 10.6. The van der Waals surface area contributed by atoms with Crippen molar-refractivity contribution in [1.29, 1.82) is 0 Å². The molecule has 3 aliphatic rings. The third-order valence-corrected chi connectivity index (χ3v) is 8.70. The molecule has 6 rings (SSSR count). The summed E-state index contributed by atoms with van der Waals surface area (Å²) in [5.41, 5.74) is 5.00. The lowest BCUT2D eigenvalue weighted by Gasteiger charge is -2.56. The van der Waals surface area contributed by atoms with Crippen LogP contribution in [0.3, 0.4) is 0 Å². The summed E-state index contributed by atoms with van der Waals surface area (Å²) in [5.74, 6) is 1.02.